The molecular formula is C15H18ClNS2. The Labute approximate surface area is 128 Å². The molecule has 2 rings (SSSR count). The van der Waals surface area contributed by atoms with Gasteiger partial charge in [-0.3, -0.25) is 0 Å². The maximum absolute atomic E-state index is 6.32. The van der Waals surface area contributed by atoms with E-state index in [1.54, 1.807) is 23.1 Å². The van der Waals surface area contributed by atoms with Crippen molar-refractivity contribution in [2.24, 2.45) is 0 Å². The molecule has 19 heavy (non-hydrogen) atoms. The van der Waals surface area contributed by atoms with Crippen molar-refractivity contribution in [1.29, 1.82) is 0 Å². The van der Waals surface area contributed by atoms with Gasteiger partial charge in [-0.2, -0.15) is 0 Å². The van der Waals surface area contributed by atoms with Crippen molar-refractivity contribution in [3.63, 3.8) is 0 Å². The molecule has 1 aromatic carbocycles. The Kier molecular flexibility index (Phi) is 5.76. The van der Waals surface area contributed by atoms with Crippen LogP contribution in [0.3, 0.4) is 0 Å². The molecule has 0 fully saturated rings. The van der Waals surface area contributed by atoms with E-state index in [1.165, 1.54) is 15.3 Å². The minimum absolute atomic E-state index is 0.191. The van der Waals surface area contributed by atoms with Gasteiger partial charge in [-0.15, -0.1) is 23.1 Å². The Balaban J connectivity index is 2.40. The smallest absolute Gasteiger partial charge is 0.0697 e. The fourth-order valence-electron chi connectivity index (χ4n) is 2.05. The summed E-state index contributed by atoms with van der Waals surface area (Å²) in [7, 11) is 0. The van der Waals surface area contributed by atoms with Crippen molar-refractivity contribution in [2.45, 2.75) is 24.3 Å². The summed E-state index contributed by atoms with van der Waals surface area (Å²) in [5, 5.41) is 6.53. The third kappa shape index (κ3) is 3.54. The number of rotatable bonds is 6. The van der Waals surface area contributed by atoms with Gasteiger partial charge in [-0.25, -0.2) is 0 Å². The highest BCUT2D eigenvalue weighted by atomic mass is 35.5. The maximum Gasteiger partial charge on any atom is 0.0697 e. The fraction of sp³-hybridized carbons (Fsp3) is 0.333. The fourth-order valence-corrected chi connectivity index (χ4v) is 3.94. The molecular weight excluding hydrogens is 294 g/mol. The first-order valence-corrected chi connectivity index (χ1v) is 8.85. The van der Waals surface area contributed by atoms with Crippen LogP contribution in [0.15, 0.2) is 40.6 Å². The standard InChI is InChI=1S/C15H18ClNS2/c1-3-9-17-14(15-12(16)8-10-19-15)11-6-4-5-7-13(11)18-2/h4-8,10,14,17H,3,9H2,1-2H3. The summed E-state index contributed by atoms with van der Waals surface area (Å²) in [6, 6.07) is 10.7. The molecule has 0 radical (unpaired) electrons. The zero-order valence-electron chi connectivity index (χ0n) is 11.2. The monoisotopic (exact) mass is 311 g/mol. The number of thioether (sulfide) groups is 1. The van der Waals surface area contributed by atoms with Crippen molar-refractivity contribution in [3.05, 3.63) is 51.2 Å². The molecule has 1 heterocycles. The highest BCUT2D eigenvalue weighted by Crippen LogP contribution is 2.36. The van der Waals surface area contributed by atoms with Gasteiger partial charge in [0.15, 0.2) is 0 Å². The zero-order chi connectivity index (χ0) is 13.7. The third-order valence-electron chi connectivity index (χ3n) is 2.96. The summed E-state index contributed by atoms with van der Waals surface area (Å²) >= 11 is 9.82. The summed E-state index contributed by atoms with van der Waals surface area (Å²) < 4.78 is 0. The molecule has 1 N–H and O–H groups in total. The third-order valence-corrected chi connectivity index (χ3v) is 5.19. The molecule has 0 aliphatic rings. The lowest BCUT2D eigenvalue weighted by atomic mass is 10.1. The normalized spacial score (nSPS) is 12.6. The predicted octanol–water partition coefficient (Wildman–Crippen LogP) is 5.21. The van der Waals surface area contributed by atoms with Crippen molar-refractivity contribution in [3.8, 4) is 0 Å². The van der Waals surface area contributed by atoms with Gasteiger partial charge >= 0.3 is 0 Å². The number of hydrogen-bond acceptors (Lipinski definition) is 3. The Bertz CT molecular complexity index is 524. The molecule has 2 aromatic rings. The van der Waals surface area contributed by atoms with Gasteiger partial charge in [-0.05, 0) is 42.3 Å². The van der Waals surface area contributed by atoms with Gasteiger partial charge in [0.05, 0.1) is 11.1 Å². The second kappa shape index (κ2) is 7.34. The summed E-state index contributed by atoms with van der Waals surface area (Å²) in [5.74, 6) is 0. The molecule has 4 heteroatoms. The number of nitrogens with one attached hydrogen (secondary N) is 1. The van der Waals surface area contributed by atoms with E-state index in [4.69, 9.17) is 11.6 Å². The first-order valence-electron chi connectivity index (χ1n) is 6.37. The molecule has 1 nitrogen and oxygen atoms in total. The van der Waals surface area contributed by atoms with Gasteiger partial charge in [0.2, 0.25) is 0 Å². The molecule has 1 aromatic heterocycles. The van der Waals surface area contributed by atoms with Crippen LogP contribution in [-0.4, -0.2) is 12.8 Å². The van der Waals surface area contributed by atoms with Crippen molar-refractivity contribution >= 4 is 34.7 Å². The van der Waals surface area contributed by atoms with E-state index in [2.05, 4.69) is 48.1 Å². The number of hydrogen-bond donors (Lipinski definition) is 1. The van der Waals surface area contributed by atoms with Crippen LogP contribution in [0.25, 0.3) is 0 Å². The molecule has 0 aliphatic heterocycles. The van der Waals surface area contributed by atoms with E-state index in [1.807, 2.05) is 6.07 Å². The van der Waals surface area contributed by atoms with Gasteiger partial charge in [0.25, 0.3) is 0 Å². The average molecular weight is 312 g/mol. The lowest BCUT2D eigenvalue weighted by Gasteiger charge is -2.20. The number of benzene rings is 1. The predicted molar refractivity (Wildman–Crippen MR) is 87.7 cm³/mol. The second-order valence-corrected chi connectivity index (χ2v) is 6.46. The van der Waals surface area contributed by atoms with Crippen LogP contribution in [0.1, 0.15) is 29.8 Å². The summed E-state index contributed by atoms with van der Waals surface area (Å²) in [4.78, 5) is 2.51. The van der Waals surface area contributed by atoms with Gasteiger partial charge < -0.3 is 5.32 Å². The summed E-state index contributed by atoms with van der Waals surface area (Å²) in [6.07, 6.45) is 3.23. The molecule has 0 saturated heterocycles. The minimum Gasteiger partial charge on any atom is -0.306 e. The quantitative estimate of drug-likeness (QED) is 0.735. The van der Waals surface area contributed by atoms with E-state index in [9.17, 15) is 0 Å². The molecule has 1 atom stereocenters. The van der Waals surface area contributed by atoms with Crippen LogP contribution in [0, 0.1) is 0 Å². The van der Waals surface area contributed by atoms with Crippen molar-refractivity contribution < 1.29 is 0 Å². The summed E-state index contributed by atoms with van der Waals surface area (Å²) in [6.45, 7) is 3.17. The average Bonchev–Trinajstić information content (AvgIpc) is 2.86. The number of thiophene rings is 1. The Morgan fingerprint density at radius 1 is 1.32 bits per heavy atom. The topological polar surface area (TPSA) is 12.0 Å². The first-order chi connectivity index (χ1) is 9.27. The Morgan fingerprint density at radius 2 is 2.11 bits per heavy atom. The Hall–Kier alpha value is -0.480. The minimum atomic E-state index is 0.191. The lowest BCUT2D eigenvalue weighted by Crippen LogP contribution is -2.23. The molecule has 0 saturated carbocycles. The van der Waals surface area contributed by atoms with E-state index < -0.39 is 0 Å². The Morgan fingerprint density at radius 3 is 2.74 bits per heavy atom. The van der Waals surface area contributed by atoms with Crippen LogP contribution in [0.5, 0.6) is 0 Å². The van der Waals surface area contributed by atoms with Crippen LogP contribution < -0.4 is 5.32 Å². The van der Waals surface area contributed by atoms with Gasteiger partial charge in [-0.1, -0.05) is 36.7 Å². The molecule has 0 bridgehead atoms. The first kappa shape index (κ1) is 14.9. The zero-order valence-corrected chi connectivity index (χ0v) is 13.5. The van der Waals surface area contributed by atoms with E-state index >= 15 is 0 Å². The molecule has 0 amide bonds. The van der Waals surface area contributed by atoms with E-state index in [0.717, 1.165) is 18.0 Å². The van der Waals surface area contributed by atoms with Crippen LogP contribution in [-0.2, 0) is 0 Å². The molecule has 0 spiro atoms. The molecule has 102 valence electrons. The van der Waals surface area contributed by atoms with Crippen molar-refractivity contribution in [1.82, 2.24) is 5.32 Å². The van der Waals surface area contributed by atoms with Crippen LogP contribution in [0.2, 0.25) is 5.02 Å². The molecule has 1 unspecified atom stereocenters. The highest BCUT2D eigenvalue weighted by Gasteiger charge is 2.20. The second-order valence-electron chi connectivity index (χ2n) is 4.26. The van der Waals surface area contributed by atoms with Crippen LogP contribution in [0.4, 0.5) is 0 Å². The summed E-state index contributed by atoms with van der Waals surface area (Å²) in [5.41, 5.74) is 1.31. The maximum atomic E-state index is 6.32. The molecule has 0 aliphatic carbocycles. The van der Waals surface area contributed by atoms with Crippen LogP contribution >= 0.6 is 34.7 Å². The highest BCUT2D eigenvalue weighted by molar-refractivity contribution is 7.98. The lowest BCUT2D eigenvalue weighted by molar-refractivity contribution is 0.599. The number of halogens is 1. The van der Waals surface area contributed by atoms with Gasteiger partial charge in [0, 0.05) is 9.77 Å². The SMILES string of the molecule is CCCNC(c1ccccc1SC)c1sccc1Cl. The largest absolute Gasteiger partial charge is 0.306 e. The van der Waals surface area contributed by atoms with Crippen molar-refractivity contribution in [2.75, 3.05) is 12.8 Å². The van der Waals surface area contributed by atoms with E-state index in [0.29, 0.717) is 0 Å². The van der Waals surface area contributed by atoms with Gasteiger partial charge in [0.1, 0.15) is 0 Å². The van der Waals surface area contributed by atoms with E-state index in [-0.39, 0.29) is 6.04 Å².